The van der Waals surface area contributed by atoms with Gasteiger partial charge in [-0.3, -0.25) is 9.79 Å². The van der Waals surface area contributed by atoms with Crippen molar-refractivity contribution in [1.82, 2.24) is 0 Å². The summed E-state index contributed by atoms with van der Waals surface area (Å²) in [7, 11) is 0. The van der Waals surface area contributed by atoms with E-state index in [0.29, 0.717) is 19.6 Å². The zero-order valence-electron chi connectivity index (χ0n) is 11.9. The van der Waals surface area contributed by atoms with Crippen LogP contribution in [0.1, 0.15) is 33.1 Å². The maximum Gasteiger partial charge on any atom is 0.328 e. The summed E-state index contributed by atoms with van der Waals surface area (Å²) in [4.78, 5) is 25.5. The van der Waals surface area contributed by atoms with Crippen molar-refractivity contribution in [3.05, 3.63) is 0 Å². The van der Waals surface area contributed by atoms with Gasteiger partial charge in [-0.1, -0.05) is 13.8 Å². The number of nitrogens with two attached hydrogens (primary N) is 1. The summed E-state index contributed by atoms with van der Waals surface area (Å²) >= 11 is 0. The summed E-state index contributed by atoms with van der Waals surface area (Å²) in [6.45, 7) is 5.27. The molecule has 1 amide bonds. The smallest absolute Gasteiger partial charge is 0.328 e. The maximum absolute atomic E-state index is 11.0. The molecule has 0 unspecified atom stereocenters. The molecule has 0 aromatic carbocycles. The number of carboxylic acids is 1. The first kappa shape index (κ1) is 16.6. The molecule has 0 aromatic heterocycles. The van der Waals surface area contributed by atoms with Crippen molar-refractivity contribution in [2.45, 2.75) is 45.4 Å². The molecule has 1 atom stereocenters. The Kier molecular flexibility index (Phi) is 6.09. The highest BCUT2D eigenvalue weighted by Crippen LogP contribution is 2.23. The second-order valence-electron chi connectivity index (χ2n) is 5.64. The van der Waals surface area contributed by atoms with E-state index in [1.54, 1.807) is 0 Å². The van der Waals surface area contributed by atoms with Gasteiger partial charge in [0.25, 0.3) is 0 Å². The molecule has 0 bridgehead atoms. The standard InChI is InChI=1S/C13H22N2O5/c1-13(2)7-19-11(20-8-13)5-6-15-9(12(17)18)3-4-10(14)16/h6,9,11H,3-5,7-8H2,1-2H3,(H2,14,16)(H,17,18)/t9-/m0/s1. The average Bonchev–Trinajstić information content (AvgIpc) is 2.34. The van der Waals surface area contributed by atoms with Gasteiger partial charge in [-0.05, 0) is 6.42 Å². The Morgan fingerprint density at radius 1 is 1.45 bits per heavy atom. The lowest BCUT2D eigenvalue weighted by Crippen LogP contribution is -2.37. The number of carbonyl (C=O) groups is 2. The number of carboxylic acid groups (broad SMARTS) is 1. The third-order valence-corrected chi connectivity index (χ3v) is 2.85. The van der Waals surface area contributed by atoms with Crippen LogP contribution in [0.15, 0.2) is 4.99 Å². The van der Waals surface area contributed by atoms with Crippen LogP contribution in [0.2, 0.25) is 0 Å². The van der Waals surface area contributed by atoms with Crippen molar-refractivity contribution in [3.8, 4) is 0 Å². The number of hydrogen-bond donors (Lipinski definition) is 2. The van der Waals surface area contributed by atoms with E-state index >= 15 is 0 Å². The van der Waals surface area contributed by atoms with E-state index in [1.165, 1.54) is 6.21 Å². The highest BCUT2D eigenvalue weighted by molar-refractivity contribution is 5.78. The summed E-state index contributed by atoms with van der Waals surface area (Å²) in [6.07, 6.45) is 1.57. The van der Waals surface area contributed by atoms with Gasteiger partial charge in [0.15, 0.2) is 6.29 Å². The fraction of sp³-hybridized carbons (Fsp3) is 0.769. The molecule has 1 saturated heterocycles. The molecule has 1 aliphatic heterocycles. The Bertz CT molecular complexity index is 371. The minimum Gasteiger partial charge on any atom is -0.480 e. The minimum absolute atomic E-state index is 0.00107. The molecule has 1 rings (SSSR count). The molecule has 114 valence electrons. The average molecular weight is 286 g/mol. The maximum atomic E-state index is 11.0. The summed E-state index contributed by atoms with van der Waals surface area (Å²) in [6, 6.07) is -0.956. The van der Waals surface area contributed by atoms with Crippen LogP contribution in [0.5, 0.6) is 0 Å². The number of nitrogens with zero attached hydrogens (tertiary/aromatic N) is 1. The van der Waals surface area contributed by atoms with E-state index in [4.69, 9.17) is 20.3 Å². The van der Waals surface area contributed by atoms with Gasteiger partial charge in [0.2, 0.25) is 5.91 Å². The van der Waals surface area contributed by atoms with E-state index in [1.807, 2.05) is 13.8 Å². The van der Waals surface area contributed by atoms with Gasteiger partial charge in [0.1, 0.15) is 6.04 Å². The topological polar surface area (TPSA) is 111 Å². The number of aliphatic imine (C=N–C) groups is 1. The molecule has 0 spiro atoms. The molecule has 1 fully saturated rings. The lowest BCUT2D eigenvalue weighted by molar-refractivity contribution is -0.217. The molecular formula is C13H22N2O5. The van der Waals surface area contributed by atoms with Crippen LogP contribution in [0.4, 0.5) is 0 Å². The summed E-state index contributed by atoms with van der Waals surface area (Å²) in [5, 5.41) is 8.96. The van der Waals surface area contributed by atoms with Gasteiger partial charge < -0.3 is 20.3 Å². The van der Waals surface area contributed by atoms with Gasteiger partial charge in [0, 0.05) is 24.5 Å². The van der Waals surface area contributed by atoms with Crippen molar-refractivity contribution in [2.24, 2.45) is 16.1 Å². The molecule has 0 aromatic rings. The fourth-order valence-electron chi connectivity index (χ4n) is 1.68. The van der Waals surface area contributed by atoms with Crippen LogP contribution in [-0.2, 0) is 19.1 Å². The molecule has 0 aliphatic carbocycles. The van der Waals surface area contributed by atoms with E-state index in [-0.39, 0.29) is 18.3 Å². The first-order valence-electron chi connectivity index (χ1n) is 6.56. The van der Waals surface area contributed by atoms with E-state index in [0.717, 1.165) is 0 Å². The Morgan fingerprint density at radius 2 is 2.05 bits per heavy atom. The predicted octanol–water partition coefficient (Wildman–Crippen LogP) is 0.565. The molecule has 1 aliphatic rings. The van der Waals surface area contributed by atoms with Crippen LogP contribution in [0.3, 0.4) is 0 Å². The van der Waals surface area contributed by atoms with Crippen molar-refractivity contribution in [2.75, 3.05) is 13.2 Å². The highest BCUT2D eigenvalue weighted by Gasteiger charge is 2.27. The zero-order chi connectivity index (χ0) is 15.2. The summed E-state index contributed by atoms with van der Waals surface area (Å²) in [5.41, 5.74) is 4.99. The molecule has 1 heterocycles. The first-order chi connectivity index (χ1) is 9.30. The van der Waals surface area contributed by atoms with Gasteiger partial charge in [-0.2, -0.15) is 0 Å². The molecule has 0 radical (unpaired) electrons. The quantitative estimate of drug-likeness (QED) is 0.664. The normalized spacial score (nSPS) is 20.9. The molecular weight excluding hydrogens is 264 g/mol. The number of amides is 1. The fourth-order valence-corrected chi connectivity index (χ4v) is 1.68. The second kappa shape index (κ2) is 7.35. The van der Waals surface area contributed by atoms with Crippen molar-refractivity contribution in [3.63, 3.8) is 0 Å². The molecule has 0 saturated carbocycles. The number of rotatable bonds is 7. The van der Waals surface area contributed by atoms with Crippen LogP contribution in [0.25, 0.3) is 0 Å². The van der Waals surface area contributed by atoms with Crippen molar-refractivity contribution < 1.29 is 24.2 Å². The number of ether oxygens (including phenoxy) is 2. The van der Waals surface area contributed by atoms with Gasteiger partial charge in [-0.25, -0.2) is 4.79 Å². The minimum atomic E-state index is -1.07. The zero-order valence-corrected chi connectivity index (χ0v) is 11.9. The Hall–Kier alpha value is -1.47. The van der Waals surface area contributed by atoms with Gasteiger partial charge in [-0.15, -0.1) is 0 Å². The van der Waals surface area contributed by atoms with Crippen molar-refractivity contribution in [1.29, 1.82) is 0 Å². The molecule has 3 N–H and O–H groups in total. The number of primary amides is 1. The van der Waals surface area contributed by atoms with Gasteiger partial charge in [0.05, 0.1) is 13.2 Å². The lowest BCUT2D eigenvalue weighted by atomic mass is 9.95. The van der Waals surface area contributed by atoms with Gasteiger partial charge >= 0.3 is 5.97 Å². The van der Waals surface area contributed by atoms with Crippen LogP contribution >= 0.6 is 0 Å². The van der Waals surface area contributed by atoms with E-state index in [9.17, 15) is 9.59 Å². The Balaban J connectivity index is 2.37. The van der Waals surface area contributed by atoms with E-state index in [2.05, 4.69) is 4.99 Å². The third kappa shape index (κ3) is 6.12. The van der Waals surface area contributed by atoms with Crippen LogP contribution in [-0.4, -0.2) is 48.7 Å². The Labute approximate surface area is 118 Å². The van der Waals surface area contributed by atoms with Crippen LogP contribution < -0.4 is 5.73 Å². The molecule has 20 heavy (non-hydrogen) atoms. The third-order valence-electron chi connectivity index (χ3n) is 2.85. The summed E-state index contributed by atoms with van der Waals surface area (Å²) in [5.74, 6) is -1.61. The SMILES string of the molecule is CC1(C)COC(CC=N[C@@H](CCC(N)=O)C(=O)O)OC1. The van der Waals surface area contributed by atoms with E-state index < -0.39 is 24.2 Å². The lowest BCUT2D eigenvalue weighted by Gasteiger charge is -2.34. The number of carbonyl (C=O) groups excluding carboxylic acids is 1. The Morgan fingerprint density at radius 3 is 2.55 bits per heavy atom. The summed E-state index contributed by atoms with van der Waals surface area (Å²) < 4.78 is 11.0. The molecule has 7 nitrogen and oxygen atoms in total. The van der Waals surface area contributed by atoms with Crippen LogP contribution in [0, 0.1) is 5.41 Å². The second-order valence-corrected chi connectivity index (χ2v) is 5.64. The van der Waals surface area contributed by atoms with Crippen molar-refractivity contribution >= 4 is 18.1 Å². The largest absolute Gasteiger partial charge is 0.480 e. The first-order valence-corrected chi connectivity index (χ1v) is 6.56. The predicted molar refractivity (Wildman–Crippen MR) is 72.4 cm³/mol. The highest BCUT2D eigenvalue weighted by atomic mass is 16.7. The number of hydrogen-bond acceptors (Lipinski definition) is 5. The molecule has 7 heteroatoms. The monoisotopic (exact) mass is 286 g/mol. The number of aliphatic carboxylic acids is 1.